The van der Waals surface area contributed by atoms with Gasteiger partial charge in [-0.05, 0) is 31.4 Å². The molecule has 1 aliphatic heterocycles. The summed E-state index contributed by atoms with van der Waals surface area (Å²) in [7, 11) is 0. The normalized spacial score (nSPS) is 14.9. The van der Waals surface area contributed by atoms with Crippen LogP contribution < -0.4 is 16.2 Å². The van der Waals surface area contributed by atoms with E-state index < -0.39 is 0 Å². The van der Waals surface area contributed by atoms with Gasteiger partial charge in [0.1, 0.15) is 17.5 Å². The largest absolute Gasteiger partial charge is 0.379 e. The third-order valence-electron chi connectivity index (χ3n) is 4.96. The van der Waals surface area contributed by atoms with E-state index in [-0.39, 0.29) is 11.6 Å². The van der Waals surface area contributed by atoms with E-state index in [0.717, 1.165) is 38.2 Å². The summed E-state index contributed by atoms with van der Waals surface area (Å²) >= 11 is 0. The predicted molar refractivity (Wildman–Crippen MR) is 117 cm³/mol. The number of rotatable bonds is 7. The molecule has 0 radical (unpaired) electrons. The second-order valence-electron chi connectivity index (χ2n) is 7.60. The molecule has 0 atom stereocenters. The summed E-state index contributed by atoms with van der Waals surface area (Å²) in [6.07, 6.45) is 6.72. The van der Waals surface area contributed by atoms with E-state index in [0.29, 0.717) is 29.4 Å². The number of anilines is 3. The number of morpholine rings is 1. The lowest BCUT2D eigenvalue weighted by Crippen LogP contribution is -2.39. The van der Waals surface area contributed by atoms with Crippen LogP contribution in [0.1, 0.15) is 13.8 Å². The van der Waals surface area contributed by atoms with Gasteiger partial charge in [-0.1, -0.05) is 0 Å². The first-order valence-electron chi connectivity index (χ1n) is 10.2. The summed E-state index contributed by atoms with van der Waals surface area (Å²) in [5.41, 5.74) is -0.0394. The van der Waals surface area contributed by atoms with E-state index >= 15 is 0 Å². The number of aromatic nitrogens is 4. The van der Waals surface area contributed by atoms with Crippen molar-refractivity contribution in [2.24, 2.45) is 0 Å². The maximum atomic E-state index is 13.3. The number of ether oxygens (including phenoxy) is 1. The van der Waals surface area contributed by atoms with Gasteiger partial charge in [0, 0.05) is 50.8 Å². The fourth-order valence-corrected chi connectivity index (χ4v) is 3.49. The van der Waals surface area contributed by atoms with Crippen molar-refractivity contribution in [2.45, 2.75) is 26.4 Å². The SMILES string of the molecule is CC(C)Nc1nc(Nc2cnccn2)cc2ccn(CCN3CCOCC3)c(=O)c12. The average Bonchev–Trinajstić information content (AvgIpc) is 2.74. The smallest absolute Gasteiger partial charge is 0.262 e. The highest BCUT2D eigenvalue weighted by Crippen LogP contribution is 2.24. The van der Waals surface area contributed by atoms with E-state index in [4.69, 9.17) is 4.74 Å². The quantitative estimate of drug-likeness (QED) is 0.612. The van der Waals surface area contributed by atoms with Crippen LogP contribution in [-0.2, 0) is 11.3 Å². The van der Waals surface area contributed by atoms with Crippen molar-refractivity contribution in [3.63, 3.8) is 0 Å². The Balaban J connectivity index is 1.66. The van der Waals surface area contributed by atoms with Crippen LogP contribution in [0.25, 0.3) is 10.8 Å². The molecule has 0 bridgehead atoms. The molecule has 2 N–H and O–H groups in total. The van der Waals surface area contributed by atoms with E-state index in [9.17, 15) is 4.79 Å². The highest BCUT2D eigenvalue weighted by Gasteiger charge is 2.15. The maximum absolute atomic E-state index is 13.3. The average molecular weight is 409 g/mol. The van der Waals surface area contributed by atoms with Crippen molar-refractivity contribution >= 4 is 28.2 Å². The summed E-state index contributed by atoms with van der Waals surface area (Å²) in [4.78, 5) is 28.5. The molecule has 3 aromatic heterocycles. The van der Waals surface area contributed by atoms with Crippen LogP contribution >= 0.6 is 0 Å². The van der Waals surface area contributed by atoms with Gasteiger partial charge in [-0.2, -0.15) is 0 Å². The molecule has 9 heteroatoms. The number of nitrogens with zero attached hydrogens (tertiary/aromatic N) is 5. The van der Waals surface area contributed by atoms with Crippen LogP contribution in [0.3, 0.4) is 0 Å². The van der Waals surface area contributed by atoms with Gasteiger partial charge in [-0.3, -0.25) is 14.7 Å². The van der Waals surface area contributed by atoms with Gasteiger partial charge in [0.15, 0.2) is 0 Å². The molecule has 9 nitrogen and oxygen atoms in total. The third kappa shape index (κ3) is 4.74. The topological polar surface area (TPSA) is 97.2 Å². The molecule has 0 aromatic carbocycles. The number of hydrogen-bond donors (Lipinski definition) is 2. The van der Waals surface area contributed by atoms with Crippen molar-refractivity contribution < 1.29 is 4.74 Å². The minimum absolute atomic E-state index is 0.0394. The fraction of sp³-hybridized carbons (Fsp3) is 0.429. The molecule has 3 aromatic rings. The predicted octanol–water partition coefficient (Wildman–Crippen LogP) is 2.08. The Labute approximate surface area is 175 Å². The number of hydrogen-bond acceptors (Lipinski definition) is 8. The molecule has 0 unspecified atom stereocenters. The third-order valence-corrected chi connectivity index (χ3v) is 4.96. The van der Waals surface area contributed by atoms with Crippen molar-refractivity contribution in [1.29, 1.82) is 0 Å². The summed E-state index contributed by atoms with van der Waals surface area (Å²) in [5, 5.41) is 7.90. The first-order chi connectivity index (χ1) is 14.6. The molecule has 4 rings (SSSR count). The molecular weight excluding hydrogens is 382 g/mol. The van der Waals surface area contributed by atoms with Gasteiger partial charge in [-0.15, -0.1) is 0 Å². The Morgan fingerprint density at radius 1 is 1.17 bits per heavy atom. The molecule has 158 valence electrons. The van der Waals surface area contributed by atoms with Crippen molar-refractivity contribution in [2.75, 3.05) is 43.5 Å². The molecule has 1 fully saturated rings. The zero-order chi connectivity index (χ0) is 20.9. The van der Waals surface area contributed by atoms with Crippen LogP contribution in [0.2, 0.25) is 0 Å². The van der Waals surface area contributed by atoms with E-state index in [2.05, 4.69) is 30.5 Å². The fourth-order valence-electron chi connectivity index (χ4n) is 3.49. The first kappa shape index (κ1) is 20.2. The Bertz CT molecular complexity index is 1050. The summed E-state index contributed by atoms with van der Waals surface area (Å²) < 4.78 is 7.16. The van der Waals surface area contributed by atoms with E-state index in [1.165, 1.54) is 0 Å². The van der Waals surface area contributed by atoms with Crippen LogP contribution in [0, 0.1) is 0 Å². The Morgan fingerprint density at radius 3 is 2.73 bits per heavy atom. The minimum atomic E-state index is -0.0394. The number of pyridine rings is 2. The zero-order valence-electron chi connectivity index (χ0n) is 17.3. The van der Waals surface area contributed by atoms with Crippen LogP contribution in [0.4, 0.5) is 17.5 Å². The van der Waals surface area contributed by atoms with Gasteiger partial charge in [0.05, 0.1) is 24.8 Å². The van der Waals surface area contributed by atoms with Crippen molar-refractivity contribution in [1.82, 2.24) is 24.4 Å². The molecule has 1 aliphatic rings. The Kier molecular flexibility index (Phi) is 6.20. The Hall–Kier alpha value is -3.04. The van der Waals surface area contributed by atoms with Gasteiger partial charge in [0.2, 0.25) is 0 Å². The minimum Gasteiger partial charge on any atom is -0.379 e. The summed E-state index contributed by atoms with van der Waals surface area (Å²) in [5.74, 6) is 1.77. The molecule has 1 saturated heterocycles. The van der Waals surface area contributed by atoms with Gasteiger partial charge < -0.3 is 19.9 Å². The second-order valence-corrected chi connectivity index (χ2v) is 7.60. The zero-order valence-corrected chi connectivity index (χ0v) is 17.3. The summed E-state index contributed by atoms with van der Waals surface area (Å²) in [6.45, 7) is 8.81. The Morgan fingerprint density at radius 2 is 2.00 bits per heavy atom. The highest BCUT2D eigenvalue weighted by atomic mass is 16.5. The van der Waals surface area contributed by atoms with Crippen molar-refractivity contribution in [3.05, 3.63) is 47.3 Å². The molecular formula is C21H27N7O2. The van der Waals surface area contributed by atoms with Crippen molar-refractivity contribution in [3.8, 4) is 0 Å². The van der Waals surface area contributed by atoms with Crippen LogP contribution in [-0.4, -0.2) is 63.3 Å². The molecule has 0 saturated carbocycles. The van der Waals surface area contributed by atoms with E-state index in [1.54, 1.807) is 23.2 Å². The summed E-state index contributed by atoms with van der Waals surface area (Å²) in [6, 6.07) is 3.96. The second kappa shape index (κ2) is 9.19. The highest BCUT2D eigenvalue weighted by molar-refractivity contribution is 5.93. The molecule has 0 spiro atoms. The maximum Gasteiger partial charge on any atom is 0.262 e. The first-order valence-corrected chi connectivity index (χ1v) is 10.2. The lowest BCUT2D eigenvalue weighted by molar-refractivity contribution is 0.0363. The van der Waals surface area contributed by atoms with Gasteiger partial charge >= 0.3 is 0 Å². The van der Waals surface area contributed by atoms with Gasteiger partial charge in [0.25, 0.3) is 5.56 Å². The van der Waals surface area contributed by atoms with E-state index in [1.807, 2.05) is 32.2 Å². The van der Waals surface area contributed by atoms with Gasteiger partial charge in [-0.25, -0.2) is 9.97 Å². The monoisotopic (exact) mass is 409 g/mol. The van der Waals surface area contributed by atoms with Crippen LogP contribution in [0.5, 0.6) is 0 Å². The molecule has 30 heavy (non-hydrogen) atoms. The number of fused-ring (bicyclic) bond motifs is 1. The standard InChI is InChI=1S/C21H27N7O2/c1-15(2)24-20-19-16(13-17(26-20)25-18-14-22-4-5-23-18)3-6-28(21(19)29)8-7-27-9-11-30-12-10-27/h3-6,13-15H,7-12H2,1-2H3,(H2,23,24,25,26). The number of nitrogens with one attached hydrogen (secondary N) is 2. The molecule has 4 heterocycles. The molecule has 0 aliphatic carbocycles. The molecule has 0 amide bonds. The lowest BCUT2D eigenvalue weighted by Gasteiger charge is -2.26. The lowest BCUT2D eigenvalue weighted by atomic mass is 10.2. The van der Waals surface area contributed by atoms with Crippen LogP contribution in [0.15, 0.2) is 41.7 Å².